The van der Waals surface area contributed by atoms with Crippen molar-refractivity contribution >= 4 is 16.8 Å². The van der Waals surface area contributed by atoms with E-state index in [0.717, 1.165) is 23.2 Å². The zero-order chi connectivity index (χ0) is 10.0. The first-order valence-corrected chi connectivity index (χ1v) is 5.03. The summed E-state index contributed by atoms with van der Waals surface area (Å²) in [5.41, 5.74) is 4.09. The molecule has 0 heterocycles. The third kappa shape index (κ3) is 1.65. The molecule has 1 aromatic rings. The number of aryl methyl sites for hydroxylation is 1. The Labute approximate surface area is 81.5 Å². The van der Waals surface area contributed by atoms with E-state index in [0.29, 0.717) is 16.0 Å². The topological polar surface area (TPSA) is 26.3 Å². The average Bonchev–Trinajstić information content (AvgIpc) is 2.13. The Morgan fingerprint density at radius 1 is 1.31 bits per heavy atom. The molecule has 1 rings (SSSR count). The molecule has 0 amide bonds. The van der Waals surface area contributed by atoms with E-state index in [4.69, 9.17) is 4.43 Å². The minimum Gasteiger partial charge on any atom is -0.553 e. The maximum Gasteiger partial charge on any atom is 0.204 e. The number of carbonyl (C=O) groups excluding carboxylic acids is 1. The van der Waals surface area contributed by atoms with Gasteiger partial charge in [0.2, 0.25) is 10.5 Å². The van der Waals surface area contributed by atoms with Crippen molar-refractivity contribution in [3.8, 4) is 5.75 Å². The van der Waals surface area contributed by atoms with Crippen LogP contribution in [0.1, 0.15) is 27.0 Å². The zero-order valence-corrected chi connectivity index (χ0v) is 10.5. The van der Waals surface area contributed by atoms with Crippen molar-refractivity contribution < 1.29 is 9.22 Å². The van der Waals surface area contributed by atoms with Crippen molar-refractivity contribution in [1.29, 1.82) is 0 Å². The number of rotatable bonds is 2. The normalized spacial score (nSPS) is 10.1. The van der Waals surface area contributed by atoms with E-state index in [2.05, 4.69) is 0 Å². The fourth-order valence-electron chi connectivity index (χ4n) is 1.45. The van der Waals surface area contributed by atoms with Crippen LogP contribution in [0.2, 0.25) is 0 Å². The van der Waals surface area contributed by atoms with Crippen LogP contribution in [-0.2, 0) is 0 Å². The van der Waals surface area contributed by atoms with Crippen molar-refractivity contribution in [3.63, 3.8) is 0 Å². The zero-order valence-electron chi connectivity index (χ0n) is 8.47. The second-order valence-electron chi connectivity index (χ2n) is 3.18. The quantitative estimate of drug-likeness (QED) is 0.520. The van der Waals surface area contributed by atoms with Crippen LogP contribution in [0.15, 0.2) is 6.07 Å². The molecule has 1 aromatic carbocycles. The highest BCUT2D eigenvalue weighted by Gasteiger charge is 2.09. The Kier molecular flexibility index (Phi) is 2.88. The van der Waals surface area contributed by atoms with Gasteiger partial charge in [-0.3, -0.25) is 4.79 Å². The fraction of sp³-hybridized carbons (Fsp3) is 0.300. The van der Waals surface area contributed by atoms with Gasteiger partial charge < -0.3 is 4.43 Å². The first-order valence-electron chi connectivity index (χ1n) is 4.21. The van der Waals surface area contributed by atoms with E-state index in [-0.39, 0.29) is 0 Å². The van der Waals surface area contributed by atoms with E-state index < -0.39 is 0 Å². The number of aldehydes is 1. The highest BCUT2D eigenvalue weighted by Crippen LogP contribution is 2.27. The van der Waals surface area contributed by atoms with Gasteiger partial charge in [0.05, 0.1) is 5.56 Å². The molecule has 0 saturated heterocycles. The number of hydrogen-bond donors (Lipinski definition) is 0. The van der Waals surface area contributed by atoms with Crippen molar-refractivity contribution in [2.45, 2.75) is 20.8 Å². The SMILES string of the molecule is Cc1cc(C=O)c(O[SiH3])c(C)c1C. The van der Waals surface area contributed by atoms with Crippen molar-refractivity contribution in [1.82, 2.24) is 0 Å². The van der Waals surface area contributed by atoms with Gasteiger partial charge in [0, 0.05) is 0 Å². The average molecular weight is 194 g/mol. The van der Waals surface area contributed by atoms with Crippen LogP contribution in [0, 0.1) is 20.8 Å². The summed E-state index contributed by atoms with van der Waals surface area (Å²) in [4.78, 5) is 10.7. The summed E-state index contributed by atoms with van der Waals surface area (Å²) < 4.78 is 5.31. The highest BCUT2D eigenvalue weighted by atomic mass is 28.2. The number of benzene rings is 1. The van der Waals surface area contributed by atoms with Crippen molar-refractivity contribution in [2.24, 2.45) is 0 Å². The summed E-state index contributed by atoms with van der Waals surface area (Å²) in [6.45, 7) is 6.04. The summed E-state index contributed by atoms with van der Waals surface area (Å²) in [7, 11) is 0.615. The molecule has 0 radical (unpaired) electrons. The molecule has 0 N–H and O–H groups in total. The minimum atomic E-state index is 0.615. The molecule has 70 valence electrons. The second-order valence-corrected chi connectivity index (χ2v) is 3.59. The van der Waals surface area contributed by atoms with E-state index in [1.165, 1.54) is 5.56 Å². The monoisotopic (exact) mass is 194 g/mol. The van der Waals surface area contributed by atoms with Crippen LogP contribution in [0.3, 0.4) is 0 Å². The molecule has 0 saturated carbocycles. The van der Waals surface area contributed by atoms with Gasteiger partial charge in [-0.2, -0.15) is 0 Å². The van der Waals surface area contributed by atoms with Crippen LogP contribution in [0.4, 0.5) is 0 Å². The molecular weight excluding hydrogens is 180 g/mol. The molecule has 0 aromatic heterocycles. The van der Waals surface area contributed by atoms with Crippen LogP contribution in [-0.4, -0.2) is 16.8 Å². The first-order chi connectivity index (χ1) is 6.11. The molecular formula is C10H14O2Si. The van der Waals surface area contributed by atoms with Crippen molar-refractivity contribution in [2.75, 3.05) is 0 Å². The summed E-state index contributed by atoms with van der Waals surface area (Å²) in [6.07, 6.45) is 0.854. The molecule has 2 nitrogen and oxygen atoms in total. The second kappa shape index (κ2) is 3.74. The lowest BCUT2D eigenvalue weighted by molar-refractivity contribution is 0.112. The van der Waals surface area contributed by atoms with Gasteiger partial charge in [0.1, 0.15) is 5.75 Å². The molecule has 3 heteroatoms. The Morgan fingerprint density at radius 3 is 2.38 bits per heavy atom. The van der Waals surface area contributed by atoms with Gasteiger partial charge in [0.25, 0.3) is 0 Å². The summed E-state index contributed by atoms with van der Waals surface area (Å²) in [5.74, 6) is 0.754. The van der Waals surface area contributed by atoms with Crippen LogP contribution >= 0.6 is 0 Å². The molecule has 0 aliphatic carbocycles. The summed E-state index contributed by atoms with van der Waals surface area (Å²) in [6, 6.07) is 1.88. The molecule has 0 bridgehead atoms. The lowest BCUT2D eigenvalue weighted by atomic mass is 10.00. The number of hydrogen-bond acceptors (Lipinski definition) is 2. The van der Waals surface area contributed by atoms with Crippen molar-refractivity contribution in [3.05, 3.63) is 28.3 Å². The lowest BCUT2D eigenvalue weighted by Crippen LogP contribution is -1.99. The van der Waals surface area contributed by atoms with E-state index >= 15 is 0 Å². The molecule has 0 aliphatic heterocycles. The molecule has 0 fully saturated rings. The first kappa shape index (κ1) is 9.99. The Balaban J connectivity index is 3.47. The van der Waals surface area contributed by atoms with Gasteiger partial charge in [-0.15, -0.1) is 0 Å². The predicted molar refractivity (Wildman–Crippen MR) is 56.6 cm³/mol. The Bertz CT molecular complexity index is 345. The third-order valence-corrected chi connectivity index (χ3v) is 2.87. The van der Waals surface area contributed by atoms with Gasteiger partial charge in [0.15, 0.2) is 6.29 Å². The third-order valence-electron chi connectivity index (χ3n) is 2.46. The predicted octanol–water partition coefficient (Wildman–Crippen LogP) is 1.08. The largest absolute Gasteiger partial charge is 0.553 e. The summed E-state index contributed by atoms with van der Waals surface area (Å²) >= 11 is 0. The Hall–Kier alpha value is -1.09. The van der Waals surface area contributed by atoms with E-state index in [9.17, 15) is 4.79 Å². The molecule has 0 atom stereocenters. The van der Waals surface area contributed by atoms with E-state index in [1.807, 2.05) is 26.8 Å². The van der Waals surface area contributed by atoms with Crippen LogP contribution < -0.4 is 4.43 Å². The van der Waals surface area contributed by atoms with Crippen LogP contribution in [0.25, 0.3) is 0 Å². The van der Waals surface area contributed by atoms with Gasteiger partial charge >= 0.3 is 0 Å². The molecule has 13 heavy (non-hydrogen) atoms. The standard InChI is InChI=1S/C10H14O2Si/c1-6-4-9(5-11)10(12-13)8(3)7(6)2/h4-5H,1-3,13H3. The van der Waals surface area contributed by atoms with Gasteiger partial charge in [-0.25, -0.2) is 0 Å². The summed E-state index contributed by atoms with van der Waals surface area (Å²) in [5, 5.41) is 0. The molecule has 0 unspecified atom stereocenters. The highest BCUT2D eigenvalue weighted by molar-refractivity contribution is 6.01. The molecule has 0 spiro atoms. The van der Waals surface area contributed by atoms with Gasteiger partial charge in [-0.05, 0) is 43.5 Å². The smallest absolute Gasteiger partial charge is 0.204 e. The lowest BCUT2D eigenvalue weighted by Gasteiger charge is -2.13. The fourth-order valence-corrected chi connectivity index (χ4v) is 1.99. The Morgan fingerprint density at radius 2 is 1.92 bits per heavy atom. The minimum absolute atomic E-state index is 0.615. The maximum absolute atomic E-state index is 10.7. The number of carbonyl (C=O) groups is 1. The molecule has 0 aliphatic rings. The van der Waals surface area contributed by atoms with Gasteiger partial charge in [-0.1, -0.05) is 0 Å². The van der Waals surface area contributed by atoms with Crippen LogP contribution in [0.5, 0.6) is 5.75 Å². The van der Waals surface area contributed by atoms with E-state index in [1.54, 1.807) is 0 Å². The maximum atomic E-state index is 10.7.